The molecule has 4 saturated carbocycles. The summed E-state index contributed by atoms with van der Waals surface area (Å²) in [6.07, 6.45) is 8.25. The molecule has 1 atom stereocenters. The van der Waals surface area contributed by atoms with Gasteiger partial charge in [0.15, 0.2) is 0 Å². The highest BCUT2D eigenvalue weighted by molar-refractivity contribution is 5.76. The Balaban J connectivity index is 1.22. The van der Waals surface area contributed by atoms with Gasteiger partial charge in [0.25, 0.3) is 0 Å². The number of aliphatic hydroxyl groups is 1. The van der Waals surface area contributed by atoms with Crippen LogP contribution < -0.4 is 5.32 Å². The van der Waals surface area contributed by atoms with Crippen LogP contribution in [0.4, 0.5) is 0 Å². The molecule has 0 spiro atoms. The molecule has 5 fully saturated rings. The number of carbonyl (C=O) groups is 1. The van der Waals surface area contributed by atoms with Crippen molar-refractivity contribution in [2.75, 3.05) is 39.4 Å². The Morgan fingerprint density at radius 2 is 1.71 bits per heavy atom. The number of hydrogen-bond donors (Lipinski definition) is 2. The molecule has 1 aliphatic heterocycles. The van der Waals surface area contributed by atoms with Crippen LogP contribution >= 0.6 is 0 Å². The maximum absolute atomic E-state index is 12.5. The lowest BCUT2D eigenvalue weighted by molar-refractivity contribution is -0.130. The maximum Gasteiger partial charge on any atom is 0.220 e. The van der Waals surface area contributed by atoms with Crippen LogP contribution in [0.3, 0.4) is 0 Å². The van der Waals surface area contributed by atoms with E-state index in [-0.39, 0.29) is 11.3 Å². The molecule has 4 bridgehead atoms. The zero-order valence-corrected chi connectivity index (χ0v) is 14.7. The number of aliphatic hydroxyl groups excluding tert-OH is 1. The van der Waals surface area contributed by atoms with Crippen molar-refractivity contribution in [3.63, 3.8) is 0 Å². The third-order valence-corrected chi connectivity index (χ3v) is 6.81. The molecule has 1 unspecified atom stereocenters. The first kappa shape index (κ1) is 16.8. The number of ether oxygens (including phenoxy) is 1. The summed E-state index contributed by atoms with van der Waals surface area (Å²) in [5, 5.41) is 13.2. The molecule has 5 rings (SSSR count). The number of hydrogen-bond acceptors (Lipinski definition) is 4. The lowest BCUT2D eigenvalue weighted by Crippen LogP contribution is -2.49. The topological polar surface area (TPSA) is 61.8 Å². The Hall–Kier alpha value is -0.650. The second kappa shape index (κ2) is 6.93. The summed E-state index contributed by atoms with van der Waals surface area (Å²) in [5.74, 6) is 2.81. The average molecular weight is 336 g/mol. The number of carbonyl (C=O) groups excluding carboxylic acids is 1. The molecule has 1 amide bonds. The monoisotopic (exact) mass is 336 g/mol. The Kier molecular flexibility index (Phi) is 4.85. The van der Waals surface area contributed by atoms with E-state index in [2.05, 4.69) is 10.2 Å². The molecule has 5 heteroatoms. The summed E-state index contributed by atoms with van der Waals surface area (Å²) in [5.41, 5.74) is 0.286. The van der Waals surface area contributed by atoms with Crippen LogP contribution in [0.25, 0.3) is 0 Å². The molecular weight excluding hydrogens is 304 g/mol. The minimum absolute atomic E-state index is 0.151. The van der Waals surface area contributed by atoms with E-state index in [9.17, 15) is 9.90 Å². The molecule has 1 saturated heterocycles. The summed E-state index contributed by atoms with van der Waals surface area (Å²) in [6, 6.07) is 0. The summed E-state index contributed by atoms with van der Waals surface area (Å²) in [7, 11) is 0. The second-order valence-electron chi connectivity index (χ2n) is 8.97. The van der Waals surface area contributed by atoms with Crippen LogP contribution in [-0.2, 0) is 9.53 Å². The number of amides is 1. The van der Waals surface area contributed by atoms with Crippen molar-refractivity contribution in [3.8, 4) is 0 Å². The Morgan fingerprint density at radius 3 is 2.29 bits per heavy atom. The Bertz CT molecular complexity index is 426. The van der Waals surface area contributed by atoms with Gasteiger partial charge in [-0.1, -0.05) is 0 Å². The first-order valence-corrected chi connectivity index (χ1v) is 9.85. The molecule has 5 aliphatic rings. The van der Waals surface area contributed by atoms with Gasteiger partial charge in [-0.05, 0) is 61.7 Å². The standard InChI is InChI=1S/C19H32N2O3/c22-17(13-21-1-3-24-4-2-21)12-20-18(23)11-19-8-14-5-15(9-19)7-16(6-14)10-19/h14-17,22H,1-13H2,(H,20,23). The average Bonchev–Trinajstić information content (AvgIpc) is 2.52. The van der Waals surface area contributed by atoms with Gasteiger partial charge in [0.1, 0.15) is 0 Å². The van der Waals surface area contributed by atoms with Gasteiger partial charge in [0.05, 0.1) is 19.3 Å². The van der Waals surface area contributed by atoms with E-state index < -0.39 is 6.10 Å². The lowest BCUT2D eigenvalue weighted by Gasteiger charge is -2.56. The summed E-state index contributed by atoms with van der Waals surface area (Å²) in [4.78, 5) is 14.7. The first-order chi connectivity index (χ1) is 11.6. The van der Waals surface area contributed by atoms with Crippen molar-refractivity contribution in [2.45, 2.75) is 51.0 Å². The van der Waals surface area contributed by atoms with Gasteiger partial charge in [0.2, 0.25) is 5.91 Å². The molecule has 0 aromatic rings. The zero-order chi connectivity index (χ0) is 16.6. The highest BCUT2D eigenvalue weighted by atomic mass is 16.5. The van der Waals surface area contributed by atoms with Crippen LogP contribution in [0.2, 0.25) is 0 Å². The van der Waals surface area contributed by atoms with E-state index in [1.165, 1.54) is 38.5 Å². The molecule has 24 heavy (non-hydrogen) atoms. The van der Waals surface area contributed by atoms with E-state index in [0.29, 0.717) is 19.5 Å². The van der Waals surface area contributed by atoms with Crippen LogP contribution in [0.5, 0.6) is 0 Å². The van der Waals surface area contributed by atoms with Crippen molar-refractivity contribution < 1.29 is 14.6 Å². The fraction of sp³-hybridized carbons (Fsp3) is 0.947. The number of rotatable bonds is 6. The quantitative estimate of drug-likeness (QED) is 0.770. The van der Waals surface area contributed by atoms with Gasteiger partial charge in [-0.15, -0.1) is 0 Å². The Labute approximate surface area is 145 Å². The predicted molar refractivity (Wildman–Crippen MR) is 91.5 cm³/mol. The third kappa shape index (κ3) is 3.78. The van der Waals surface area contributed by atoms with E-state index >= 15 is 0 Å². The van der Waals surface area contributed by atoms with Crippen LogP contribution in [0.15, 0.2) is 0 Å². The second-order valence-corrected chi connectivity index (χ2v) is 8.97. The van der Waals surface area contributed by atoms with E-state index in [0.717, 1.165) is 44.1 Å². The fourth-order valence-electron chi connectivity index (χ4n) is 6.29. The van der Waals surface area contributed by atoms with E-state index in [4.69, 9.17) is 4.74 Å². The minimum Gasteiger partial charge on any atom is -0.390 e. The van der Waals surface area contributed by atoms with Crippen molar-refractivity contribution in [1.29, 1.82) is 0 Å². The normalized spacial score (nSPS) is 39.8. The third-order valence-electron chi connectivity index (χ3n) is 6.81. The molecule has 1 heterocycles. The fourth-order valence-corrected chi connectivity index (χ4v) is 6.29. The predicted octanol–water partition coefficient (Wildman–Crippen LogP) is 1.40. The van der Waals surface area contributed by atoms with E-state index in [1.807, 2.05) is 0 Å². The Morgan fingerprint density at radius 1 is 1.12 bits per heavy atom. The van der Waals surface area contributed by atoms with Gasteiger partial charge in [-0.25, -0.2) is 0 Å². The van der Waals surface area contributed by atoms with Gasteiger partial charge >= 0.3 is 0 Å². The highest BCUT2D eigenvalue weighted by Crippen LogP contribution is 2.61. The molecule has 5 nitrogen and oxygen atoms in total. The van der Waals surface area contributed by atoms with Gasteiger partial charge in [-0.2, -0.15) is 0 Å². The molecule has 0 radical (unpaired) electrons. The van der Waals surface area contributed by atoms with E-state index in [1.54, 1.807) is 0 Å². The summed E-state index contributed by atoms with van der Waals surface area (Å²) < 4.78 is 5.32. The molecule has 4 aliphatic carbocycles. The largest absolute Gasteiger partial charge is 0.390 e. The van der Waals surface area contributed by atoms with Crippen molar-refractivity contribution in [2.24, 2.45) is 23.2 Å². The molecule has 0 aromatic heterocycles. The van der Waals surface area contributed by atoms with Crippen molar-refractivity contribution >= 4 is 5.91 Å². The SMILES string of the molecule is O=C(CC12CC3CC(CC(C3)C1)C2)NCC(O)CN1CCOCC1. The molecule has 2 N–H and O–H groups in total. The number of β-amino-alcohol motifs (C(OH)–C–C–N with tert-alkyl or cyclic N) is 1. The molecule has 136 valence electrons. The van der Waals surface area contributed by atoms with Gasteiger partial charge in [0, 0.05) is 32.6 Å². The van der Waals surface area contributed by atoms with Gasteiger partial charge in [-0.3, -0.25) is 9.69 Å². The number of nitrogens with one attached hydrogen (secondary N) is 1. The lowest BCUT2D eigenvalue weighted by atomic mass is 9.49. The van der Waals surface area contributed by atoms with Crippen LogP contribution in [-0.4, -0.2) is 61.4 Å². The number of morpholine rings is 1. The smallest absolute Gasteiger partial charge is 0.220 e. The summed E-state index contributed by atoms with van der Waals surface area (Å²) >= 11 is 0. The molecule has 0 aromatic carbocycles. The van der Waals surface area contributed by atoms with Crippen molar-refractivity contribution in [1.82, 2.24) is 10.2 Å². The number of nitrogens with zero attached hydrogens (tertiary/aromatic N) is 1. The van der Waals surface area contributed by atoms with Crippen LogP contribution in [0.1, 0.15) is 44.9 Å². The van der Waals surface area contributed by atoms with Crippen LogP contribution in [0, 0.1) is 23.2 Å². The zero-order valence-electron chi connectivity index (χ0n) is 14.7. The van der Waals surface area contributed by atoms with Crippen molar-refractivity contribution in [3.05, 3.63) is 0 Å². The maximum atomic E-state index is 12.5. The first-order valence-electron chi connectivity index (χ1n) is 9.85. The summed E-state index contributed by atoms with van der Waals surface area (Å²) in [6.45, 7) is 4.23. The molecular formula is C19H32N2O3. The highest BCUT2D eigenvalue weighted by Gasteiger charge is 2.51. The minimum atomic E-state index is -0.483. The van der Waals surface area contributed by atoms with Gasteiger partial charge < -0.3 is 15.2 Å².